The van der Waals surface area contributed by atoms with Crippen LogP contribution in [-0.2, 0) is 19.2 Å². The number of rotatable bonds is 6. The SMILES string of the molecule is C=CC1=C(C(=O)O)N2C(=O)C(NC(=O)C(=NOC)c3csc(N)n3)[C@@H]2SC1.Cl. The Labute approximate surface area is 173 Å². The lowest BCUT2D eigenvalue weighted by Crippen LogP contribution is -2.71. The molecular weight excluding hydrogens is 430 g/mol. The number of nitrogens with zero attached hydrogens (tertiary/aromatic N) is 3. The molecule has 1 saturated heterocycles. The summed E-state index contributed by atoms with van der Waals surface area (Å²) in [5.41, 5.74) is 6.02. The smallest absolute Gasteiger partial charge is 0.352 e. The first-order valence-electron chi connectivity index (χ1n) is 7.56. The number of nitrogens with one attached hydrogen (secondary N) is 1. The summed E-state index contributed by atoms with van der Waals surface area (Å²) >= 11 is 2.47. The molecule has 0 radical (unpaired) electrons. The van der Waals surface area contributed by atoms with E-state index >= 15 is 0 Å². The van der Waals surface area contributed by atoms with Gasteiger partial charge in [0, 0.05) is 11.1 Å². The molecule has 28 heavy (non-hydrogen) atoms. The molecule has 4 N–H and O–H groups in total. The second-order valence-electron chi connectivity index (χ2n) is 5.44. The van der Waals surface area contributed by atoms with Crippen LogP contribution in [0.25, 0.3) is 0 Å². The highest BCUT2D eigenvalue weighted by atomic mass is 35.5. The average Bonchev–Trinajstić information content (AvgIpc) is 3.08. The van der Waals surface area contributed by atoms with E-state index in [9.17, 15) is 19.5 Å². The maximum absolute atomic E-state index is 12.6. The van der Waals surface area contributed by atoms with Crippen LogP contribution in [0, 0.1) is 0 Å². The van der Waals surface area contributed by atoms with E-state index < -0.39 is 29.2 Å². The molecule has 0 spiro atoms. The highest BCUT2D eigenvalue weighted by Crippen LogP contribution is 2.40. The molecule has 1 aromatic rings. The quantitative estimate of drug-likeness (QED) is 0.324. The normalized spacial score (nSPS) is 21.2. The number of hydrogen-bond donors (Lipinski definition) is 3. The molecule has 3 rings (SSSR count). The van der Waals surface area contributed by atoms with Gasteiger partial charge >= 0.3 is 5.97 Å². The Balaban J connectivity index is 0.00000280. The molecule has 1 fully saturated rings. The van der Waals surface area contributed by atoms with Gasteiger partial charge < -0.3 is 21.0 Å². The molecule has 2 atom stereocenters. The van der Waals surface area contributed by atoms with Gasteiger partial charge in [0.1, 0.15) is 29.9 Å². The van der Waals surface area contributed by atoms with Crippen LogP contribution in [0.1, 0.15) is 5.69 Å². The fourth-order valence-electron chi connectivity index (χ4n) is 2.70. The van der Waals surface area contributed by atoms with E-state index in [1.54, 1.807) is 5.38 Å². The lowest BCUT2D eigenvalue weighted by atomic mass is 10.0. The Hall–Kier alpha value is -2.57. The largest absolute Gasteiger partial charge is 0.477 e. The minimum Gasteiger partial charge on any atom is -0.477 e. The van der Waals surface area contributed by atoms with Crippen molar-refractivity contribution >= 4 is 64.1 Å². The zero-order valence-corrected chi connectivity index (χ0v) is 16.9. The number of thiazole rings is 1. The third kappa shape index (κ3) is 3.70. The summed E-state index contributed by atoms with van der Waals surface area (Å²) in [6, 6.07) is -0.888. The number of halogens is 1. The highest BCUT2D eigenvalue weighted by Gasteiger charge is 2.54. The number of carboxylic acid groups (broad SMARTS) is 1. The van der Waals surface area contributed by atoms with Gasteiger partial charge in [-0.25, -0.2) is 9.78 Å². The number of fused-ring (bicyclic) bond motifs is 1. The lowest BCUT2D eigenvalue weighted by Gasteiger charge is -2.49. The summed E-state index contributed by atoms with van der Waals surface area (Å²) in [7, 11) is 1.27. The van der Waals surface area contributed by atoms with Gasteiger partial charge in [-0.05, 0) is 5.57 Å². The minimum absolute atomic E-state index is 0. The van der Waals surface area contributed by atoms with Crippen molar-refractivity contribution in [3.8, 4) is 0 Å². The number of aromatic nitrogens is 1. The predicted octanol–water partition coefficient (Wildman–Crippen LogP) is 0.422. The zero-order chi connectivity index (χ0) is 19.7. The van der Waals surface area contributed by atoms with Gasteiger partial charge in [-0.2, -0.15) is 0 Å². The van der Waals surface area contributed by atoms with E-state index in [-0.39, 0.29) is 34.6 Å². The van der Waals surface area contributed by atoms with Crippen molar-refractivity contribution in [3.05, 3.63) is 35.0 Å². The molecule has 150 valence electrons. The van der Waals surface area contributed by atoms with E-state index in [1.165, 1.54) is 24.9 Å². The van der Waals surface area contributed by atoms with Crippen molar-refractivity contribution in [1.29, 1.82) is 0 Å². The van der Waals surface area contributed by atoms with Gasteiger partial charge in [0.15, 0.2) is 10.8 Å². The number of oxime groups is 1. The number of allylic oxidation sites excluding steroid dienone is 1. The topological polar surface area (TPSA) is 147 Å². The predicted molar refractivity (Wildman–Crippen MR) is 107 cm³/mol. The van der Waals surface area contributed by atoms with Crippen molar-refractivity contribution in [2.75, 3.05) is 18.6 Å². The van der Waals surface area contributed by atoms with Crippen LogP contribution in [-0.4, -0.2) is 62.8 Å². The summed E-state index contributed by atoms with van der Waals surface area (Å²) in [6.07, 6.45) is 1.42. The molecule has 2 aliphatic rings. The second-order valence-corrected chi connectivity index (χ2v) is 7.43. The van der Waals surface area contributed by atoms with Crippen LogP contribution in [0.2, 0.25) is 0 Å². The Bertz CT molecular complexity index is 899. The first-order valence-corrected chi connectivity index (χ1v) is 9.48. The van der Waals surface area contributed by atoms with Gasteiger partial charge in [-0.15, -0.1) is 35.5 Å². The van der Waals surface area contributed by atoms with Crippen LogP contribution < -0.4 is 11.1 Å². The number of nitrogen functional groups attached to an aromatic ring is 1. The molecule has 13 heteroatoms. The molecule has 10 nitrogen and oxygen atoms in total. The second kappa shape index (κ2) is 8.63. The Morgan fingerprint density at radius 3 is 2.82 bits per heavy atom. The third-order valence-electron chi connectivity index (χ3n) is 3.90. The molecule has 0 aromatic carbocycles. The molecule has 2 aliphatic heterocycles. The standard InChI is InChI=1S/C15H15N5O5S2.ClH/c1-3-6-4-26-13-9(12(22)20(13)10(6)14(23)24)18-11(21)8(19-25-2)7-5-27-15(16)17-7;/h3,5,9,13H,1,4H2,2H3,(H2,16,17)(H,18,21)(H,23,24);1H/t9?,13-;/m0./s1. The number of carboxylic acids is 1. The Morgan fingerprint density at radius 1 is 1.57 bits per heavy atom. The van der Waals surface area contributed by atoms with Crippen molar-refractivity contribution < 1.29 is 24.3 Å². The van der Waals surface area contributed by atoms with E-state index in [4.69, 9.17) is 5.73 Å². The molecule has 1 aromatic heterocycles. The molecule has 0 aliphatic carbocycles. The number of amides is 2. The van der Waals surface area contributed by atoms with Gasteiger partial charge in [-0.1, -0.05) is 17.8 Å². The minimum atomic E-state index is -1.21. The van der Waals surface area contributed by atoms with Gasteiger partial charge in [-0.3, -0.25) is 14.5 Å². The van der Waals surface area contributed by atoms with Crippen molar-refractivity contribution in [3.63, 3.8) is 0 Å². The number of thioether (sulfide) groups is 1. The molecule has 2 amide bonds. The van der Waals surface area contributed by atoms with E-state index in [1.807, 2.05) is 0 Å². The monoisotopic (exact) mass is 445 g/mol. The summed E-state index contributed by atoms with van der Waals surface area (Å²) < 4.78 is 0. The molecular formula is C15H16ClN5O5S2. The molecule has 1 unspecified atom stereocenters. The molecule has 0 bridgehead atoms. The number of nitrogens with two attached hydrogens (primary N) is 1. The fourth-order valence-corrected chi connectivity index (χ4v) is 4.59. The van der Waals surface area contributed by atoms with Crippen LogP contribution in [0.15, 0.2) is 34.5 Å². The summed E-state index contributed by atoms with van der Waals surface area (Å²) in [6.45, 7) is 3.58. The number of anilines is 1. The first-order chi connectivity index (χ1) is 12.9. The first kappa shape index (κ1) is 21.7. The Morgan fingerprint density at radius 2 is 2.29 bits per heavy atom. The third-order valence-corrected chi connectivity index (χ3v) is 5.87. The van der Waals surface area contributed by atoms with Crippen LogP contribution in [0.5, 0.6) is 0 Å². The fraction of sp³-hybridized carbons (Fsp3) is 0.267. The van der Waals surface area contributed by atoms with Crippen LogP contribution >= 0.6 is 35.5 Å². The van der Waals surface area contributed by atoms with Gasteiger partial charge in [0.25, 0.3) is 11.8 Å². The highest BCUT2D eigenvalue weighted by molar-refractivity contribution is 8.00. The average molecular weight is 446 g/mol. The van der Waals surface area contributed by atoms with Crippen LogP contribution in [0.3, 0.4) is 0 Å². The summed E-state index contributed by atoms with van der Waals surface area (Å²) in [5, 5.41) is 16.9. The lowest BCUT2D eigenvalue weighted by molar-refractivity contribution is -0.150. The number of carbonyl (C=O) groups excluding carboxylic acids is 2. The van der Waals surface area contributed by atoms with Crippen molar-refractivity contribution in [2.24, 2.45) is 5.16 Å². The van der Waals surface area contributed by atoms with E-state index in [2.05, 4.69) is 26.9 Å². The number of aliphatic carboxylic acids is 1. The van der Waals surface area contributed by atoms with E-state index in [0.29, 0.717) is 11.3 Å². The van der Waals surface area contributed by atoms with Gasteiger partial charge in [0.2, 0.25) is 0 Å². The van der Waals surface area contributed by atoms with Crippen LogP contribution in [0.4, 0.5) is 5.13 Å². The Kier molecular flexibility index (Phi) is 6.69. The maximum Gasteiger partial charge on any atom is 0.352 e. The number of carbonyl (C=O) groups is 3. The molecule has 0 saturated carbocycles. The zero-order valence-electron chi connectivity index (χ0n) is 14.4. The number of β-lactam (4-membered cyclic amide) rings is 1. The van der Waals surface area contributed by atoms with Crippen molar-refractivity contribution in [1.82, 2.24) is 15.2 Å². The van der Waals surface area contributed by atoms with Crippen molar-refractivity contribution in [2.45, 2.75) is 11.4 Å². The van der Waals surface area contributed by atoms with Gasteiger partial charge in [0.05, 0.1) is 0 Å². The maximum atomic E-state index is 12.6. The molecule has 3 heterocycles. The van der Waals surface area contributed by atoms with E-state index in [0.717, 1.165) is 16.2 Å². The summed E-state index contributed by atoms with van der Waals surface area (Å²) in [5.74, 6) is -2.04. The summed E-state index contributed by atoms with van der Waals surface area (Å²) in [4.78, 5) is 46.4. The number of hydrogen-bond acceptors (Lipinski definition) is 9.